The van der Waals surface area contributed by atoms with Gasteiger partial charge in [-0.15, -0.1) is 10.2 Å². The predicted octanol–water partition coefficient (Wildman–Crippen LogP) is 0.248. The summed E-state index contributed by atoms with van der Waals surface area (Å²) >= 11 is 1.12. The molecule has 6 nitrogen and oxygen atoms in total. The summed E-state index contributed by atoms with van der Waals surface area (Å²) < 4.78 is 0. The highest BCUT2D eigenvalue weighted by Crippen LogP contribution is 2.37. The van der Waals surface area contributed by atoms with Crippen LogP contribution >= 0.6 is 11.3 Å². The molecule has 0 aromatic carbocycles. The molecule has 2 aliphatic heterocycles. The second kappa shape index (κ2) is 3.92. The molecule has 2 aliphatic rings. The lowest BCUT2D eigenvalue weighted by Gasteiger charge is -2.36. The van der Waals surface area contributed by atoms with Crippen LogP contribution in [-0.2, 0) is 0 Å². The van der Waals surface area contributed by atoms with Crippen molar-refractivity contribution >= 4 is 22.4 Å². The number of amides is 1. The fraction of sp³-hybridized carbons (Fsp3) is 0.700. The Bertz CT molecular complexity index is 435. The normalized spacial score (nSPS) is 31.8. The Balaban J connectivity index is 1.83. The number of aromatic nitrogens is 2. The molecule has 0 spiro atoms. The number of carbonyl (C=O) groups is 1. The van der Waals surface area contributed by atoms with E-state index < -0.39 is 0 Å². The van der Waals surface area contributed by atoms with Gasteiger partial charge in [0.15, 0.2) is 0 Å². The quantitative estimate of drug-likeness (QED) is 0.749. The number of rotatable bonds is 1. The maximum atomic E-state index is 12.3. The largest absolute Gasteiger partial charge is 0.393 e. The number of aliphatic hydroxyl groups is 1. The van der Waals surface area contributed by atoms with E-state index in [9.17, 15) is 9.90 Å². The fourth-order valence-electron chi connectivity index (χ4n) is 2.91. The molecule has 92 valence electrons. The first kappa shape index (κ1) is 10.9. The van der Waals surface area contributed by atoms with E-state index in [2.05, 4.69) is 10.2 Å². The van der Waals surface area contributed by atoms with Crippen LogP contribution in [0.4, 0.5) is 5.13 Å². The van der Waals surface area contributed by atoms with Gasteiger partial charge in [0.05, 0.1) is 6.10 Å². The van der Waals surface area contributed by atoms with E-state index >= 15 is 0 Å². The molecule has 7 heteroatoms. The molecule has 2 unspecified atom stereocenters. The molecule has 17 heavy (non-hydrogen) atoms. The minimum atomic E-state index is -0.268. The summed E-state index contributed by atoms with van der Waals surface area (Å²) in [5.41, 5.74) is 5.49. The van der Waals surface area contributed by atoms with Gasteiger partial charge < -0.3 is 15.7 Å². The van der Waals surface area contributed by atoms with E-state index in [1.54, 1.807) is 0 Å². The van der Waals surface area contributed by atoms with E-state index in [0.29, 0.717) is 23.0 Å². The SMILES string of the molecule is Nc1nnc(C(=O)N2C3CCC2CC(O)C3)s1. The highest BCUT2D eigenvalue weighted by atomic mass is 32.1. The first-order valence-electron chi connectivity index (χ1n) is 5.75. The lowest BCUT2D eigenvalue weighted by molar-refractivity contribution is 0.0286. The maximum absolute atomic E-state index is 12.3. The van der Waals surface area contributed by atoms with Gasteiger partial charge in [-0.05, 0) is 25.7 Å². The van der Waals surface area contributed by atoms with Crippen molar-refractivity contribution in [2.75, 3.05) is 5.73 Å². The van der Waals surface area contributed by atoms with Crippen molar-refractivity contribution in [1.29, 1.82) is 0 Å². The van der Waals surface area contributed by atoms with E-state index in [1.165, 1.54) is 0 Å². The van der Waals surface area contributed by atoms with Gasteiger partial charge in [-0.25, -0.2) is 0 Å². The summed E-state index contributed by atoms with van der Waals surface area (Å²) in [4.78, 5) is 14.1. The molecule has 2 saturated heterocycles. The smallest absolute Gasteiger partial charge is 0.285 e. The number of piperidine rings is 1. The molecule has 0 aliphatic carbocycles. The van der Waals surface area contributed by atoms with Crippen molar-refractivity contribution in [3.63, 3.8) is 0 Å². The van der Waals surface area contributed by atoms with Crippen LogP contribution in [0.5, 0.6) is 0 Å². The topological polar surface area (TPSA) is 92.3 Å². The number of hydrogen-bond acceptors (Lipinski definition) is 6. The molecule has 1 aromatic rings. The van der Waals surface area contributed by atoms with Crippen molar-refractivity contribution in [3.05, 3.63) is 5.01 Å². The third kappa shape index (κ3) is 1.79. The summed E-state index contributed by atoms with van der Waals surface area (Å²) in [6.45, 7) is 0. The molecule has 3 N–H and O–H groups in total. The number of aliphatic hydroxyl groups excluding tert-OH is 1. The molecule has 2 fully saturated rings. The average Bonchev–Trinajstić information content (AvgIpc) is 2.81. The standard InChI is InChI=1S/C10H14N4O2S/c11-10-13-12-8(17-10)9(16)14-5-1-2-6(14)4-7(15)3-5/h5-7,15H,1-4H2,(H2,11,13). The van der Waals surface area contributed by atoms with Crippen LogP contribution in [0.15, 0.2) is 0 Å². The minimum absolute atomic E-state index is 0.0846. The summed E-state index contributed by atoms with van der Waals surface area (Å²) in [6.07, 6.45) is 3.03. The molecular formula is C10H14N4O2S. The van der Waals surface area contributed by atoms with E-state index in [0.717, 1.165) is 24.2 Å². The summed E-state index contributed by atoms with van der Waals surface area (Å²) in [5.74, 6) is -0.0846. The van der Waals surface area contributed by atoms with E-state index in [-0.39, 0.29) is 24.1 Å². The summed E-state index contributed by atoms with van der Waals surface area (Å²) in [6, 6.07) is 0.308. The Kier molecular flexibility index (Phi) is 2.52. The fourth-order valence-corrected chi connectivity index (χ4v) is 3.47. The van der Waals surface area contributed by atoms with E-state index in [1.807, 2.05) is 4.90 Å². The first-order chi connectivity index (χ1) is 8.15. The number of hydrogen-bond donors (Lipinski definition) is 2. The molecule has 2 bridgehead atoms. The zero-order valence-electron chi connectivity index (χ0n) is 9.24. The number of nitrogen functional groups attached to an aromatic ring is 1. The Morgan fingerprint density at radius 1 is 1.35 bits per heavy atom. The molecule has 0 saturated carbocycles. The van der Waals surface area contributed by atoms with Crippen LogP contribution in [0.25, 0.3) is 0 Å². The Hall–Kier alpha value is -1.21. The van der Waals surface area contributed by atoms with Crippen molar-refractivity contribution < 1.29 is 9.90 Å². The highest BCUT2D eigenvalue weighted by molar-refractivity contribution is 7.16. The van der Waals surface area contributed by atoms with E-state index in [4.69, 9.17) is 5.73 Å². The molecular weight excluding hydrogens is 240 g/mol. The van der Waals surface area contributed by atoms with Crippen LogP contribution in [0, 0.1) is 0 Å². The third-order valence-electron chi connectivity index (χ3n) is 3.57. The van der Waals surface area contributed by atoms with Crippen LogP contribution in [0.2, 0.25) is 0 Å². The Morgan fingerprint density at radius 2 is 2.00 bits per heavy atom. The van der Waals surface area contributed by atoms with Gasteiger partial charge in [0, 0.05) is 12.1 Å². The van der Waals surface area contributed by atoms with Gasteiger partial charge in [0.1, 0.15) is 0 Å². The molecule has 0 radical (unpaired) electrons. The van der Waals surface area contributed by atoms with Gasteiger partial charge in [0.2, 0.25) is 10.1 Å². The van der Waals surface area contributed by atoms with Crippen LogP contribution in [0.3, 0.4) is 0 Å². The zero-order valence-corrected chi connectivity index (χ0v) is 10.1. The minimum Gasteiger partial charge on any atom is -0.393 e. The second-order valence-electron chi connectivity index (χ2n) is 4.67. The maximum Gasteiger partial charge on any atom is 0.285 e. The van der Waals surface area contributed by atoms with Crippen molar-refractivity contribution in [2.24, 2.45) is 0 Å². The van der Waals surface area contributed by atoms with Gasteiger partial charge in [-0.3, -0.25) is 4.79 Å². The number of nitrogens with two attached hydrogens (primary N) is 1. The van der Waals surface area contributed by atoms with Crippen LogP contribution in [-0.4, -0.2) is 44.3 Å². The van der Waals surface area contributed by atoms with Gasteiger partial charge in [-0.1, -0.05) is 11.3 Å². The second-order valence-corrected chi connectivity index (χ2v) is 5.68. The van der Waals surface area contributed by atoms with Crippen molar-refractivity contribution in [2.45, 2.75) is 43.9 Å². The number of carbonyl (C=O) groups excluding carboxylic acids is 1. The summed E-state index contributed by atoms with van der Waals surface area (Å²) in [7, 11) is 0. The molecule has 1 aromatic heterocycles. The molecule has 2 atom stereocenters. The zero-order chi connectivity index (χ0) is 12.0. The average molecular weight is 254 g/mol. The molecule has 3 heterocycles. The lowest BCUT2D eigenvalue weighted by Crippen LogP contribution is -2.48. The number of nitrogens with zero attached hydrogens (tertiary/aromatic N) is 3. The monoisotopic (exact) mass is 254 g/mol. The predicted molar refractivity (Wildman–Crippen MR) is 62.5 cm³/mol. The Labute approximate surface area is 102 Å². The van der Waals surface area contributed by atoms with Crippen LogP contribution < -0.4 is 5.73 Å². The van der Waals surface area contributed by atoms with Gasteiger partial charge >= 0.3 is 0 Å². The number of fused-ring (bicyclic) bond motifs is 2. The summed E-state index contributed by atoms with van der Waals surface area (Å²) in [5, 5.41) is 17.8. The highest BCUT2D eigenvalue weighted by Gasteiger charge is 2.43. The van der Waals surface area contributed by atoms with Gasteiger partial charge in [0.25, 0.3) is 5.91 Å². The van der Waals surface area contributed by atoms with Crippen molar-refractivity contribution in [3.8, 4) is 0 Å². The Morgan fingerprint density at radius 3 is 2.53 bits per heavy atom. The molecule has 3 rings (SSSR count). The number of anilines is 1. The van der Waals surface area contributed by atoms with Crippen molar-refractivity contribution in [1.82, 2.24) is 15.1 Å². The molecule has 1 amide bonds. The first-order valence-corrected chi connectivity index (χ1v) is 6.56. The van der Waals surface area contributed by atoms with Gasteiger partial charge in [-0.2, -0.15) is 0 Å². The lowest BCUT2D eigenvalue weighted by atomic mass is 10.00. The van der Waals surface area contributed by atoms with Crippen LogP contribution in [0.1, 0.15) is 35.5 Å². The third-order valence-corrected chi connectivity index (χ3v) is 4.31.